The van der Waals surface area contributed by atoms with Gasteiger partial charge in [0.2, 0.25) is 16.0 Å². The van der Waals surface area contributed by atoms with Crippen molar-refractivity contribution in [3.63, 3.8) is 0 Å². The minimum Gasteiger partial charge on any atom is -0.494 e. The van der Waals surface area contributed by atoms with Gasteiger partial charge in [-0.2, -0.15) is 0 Å². The topological polar surface area (TPSA) is 131 Å². The molecule has 212 valence electrons. The number of anilines is 5. The van der Waals surface area contributed by atoms with Gasteiger partial charge in [-0.3, -0.25) is 4.31 Å². The number of nitrogens with zero attached hydrogens (tertiary/aromatic N) is 5. The number of para-hydroxylation sites is 1. The number of sulfonamides is 1. The van der Waals surface area contributed by atoms with Gasteiger partial charge in [-0.1, -0.05) is 18.2 Å². The minimum atomic E-state index is -3.56. The van der Waals surface area contributed by atoms with Crippen LogP contribution >= 0.6 is 0 Å². The Morgan fingerprint density at radius 2 is 2.00 bits per heavy atom. The zero-order valence-corrected chi connectivity index (χ0v) is 24.3. The fraction of sp³-hybridized carbons (Fsp3) is 0.357. The minimum absolute atomic E-state index is 0.293. The summed E-state index contributed by atoms with van der Waals surface area (Å²) in [5, 5.41) is 7.42. The van der Waals surface area contributed by atoms with Gasteiger partial charge < -0.3 is 30.6 Å². The molecule has 0 fully saturated rings. The van der Waals surface area contributed by atoms with Crippen LogP contribution in [0.1, 0.15) is 12.0 Å². The second kappa shape index (κ2) is 10.9. The molecule has 0 saturated heterocycles. The third kappa shape index (κ3) is 5.11. The Morgan fingerprint density at radius 1 is 1.20 bits per heavy atom. The van der Waals surface area contributed by atoms with E-state index >= 15 is 0 Å². The lowest BCUT2D eigenvalue weighted by Gasteiger charge is -2.23. The molecule has 2 aromatic carbocycles. The second-order valence-electron chi connectivity index (χ2n) is 10.1. The van der Waals surface area contributed by atoms with E-state index in [1.807, 2.05) is 26.2 Å². The molecule has 0 radical (unpaired) electrons. The zero-order valence-electron chi connectivity index (χ0n) is 23.5. The van der Waals surface area contributed by atoms with Crippen LogP contribution in [0.4, 0.5) is 28.7 Å². The van der Waals surface area contributed by atoms with Crippen LogP contribution in [0.5, 0.6) is 5.75 Å². The number of nitrogen functional groups attached to an aromatic ring is 1. The largest absolute Gasteiger partial charge is 0.494 e. The van der Waals surface area contributed by atoms with Crippen LogP contribution in [0.15, 0.2) is 42.7 Å². The normalized spacial score (nSPS) is 12.9. The number of likely N-dealkylation sites (N-methyl/N-ethyl adjacent to an activating group) is 2. The predicted octanol–water partition coefficient (Wildman–Crippen LogP) is 3.43. The van der Waals surface area contributed by atoms with Gasteiger partial charge in [0.05, 0.1) is 47.8 Å². The van der Waals surface area contributed by atoms with E-state index in [-0.39, 0.29) is 0 Å². The maximum Gasteiger partial charge on any atom is 0.232 e. The highest BCUT2D eigenvalue weighted by molar-refractivity contribution is 7.92. The molecule has 1 aliphatic heterocycles. The van der Waals surface area contributed by atoms with Crippen molar-refractivity contribution in [3.8, 4) is 17.0 Å². The molecule has 0 atom stereocenters. The Kier molecular flexibility index (Phi) is 7.47. The molecular formula is C28H36N8O3S. The SMILES string of the molecule is CNCCN(C)c1cc(OC)c(Nc2ncc(N(C)S(C)(=O)=O)c(-c3cn4c5c(cccc35)CCC4)n2)cc1N. The van der Waals surface area contributed by atoms with Crippen molar-refractivity contribution < 1.29 is 13.2 Å². The molecule has 5 rings (SSSR count). The molecule has 4 N–H and O–H groups in total. The van der Waals surface area contributed by atoms with E-state index in [0.29, 0.717) is 34.5 Å². The first kappa shape index (κ1) is 27.5. The molecule has 40 heavy (non-hydrogen) atoms. The molecule has 3 heterocycles. The fourth-order valence-corrected chi connectivity index (χ4v) is 5.68. The van der Waals surface area contributed by atoms with Crippen LogP contribution in [0, 0.1) is 0 Å². The molecule has 0 unspecified atom stereocenters. The van der Waals surface area contributed by atoms with Gasteiger partial charge in [0.15, 0.2) is 0 Å². The van der Waals surface area contributed by atoms with Crippen molar-refractivity contribution in [2.24, 2.45) is 0 Å². The number of hydrogen-bond acceptors (Lipinski definition) is 9. The zero-order chi connectivity index (χ0) is 28.6. The Morgan fingerprint density at radius 3 is 2.73 bits per heavy atom. The van der Waals surface area contributed by atoms with Crippen molar-refractivity contribution in [2.45, 2.75) is 19.4 Å². The van der Waals surface area contributed by atoms with Crippen molar-refractivity contribution in [2.75, 3.05) is 67.9 Å². The number of aromatic nitrogens is 3. The van der Waals surface area contributed by atoms with E-state index in [0.717, 1.165) is 54.6 Å². The highest BCUT2D eigenvalue weighted by atomic mass is 32.2. The van der Waals surface area contributed by atoms with E-state index in [1.54, 1.807) is 13.2 Å². The highest BCUT2D eigenvalue weighted by Crippen LogP contribution is 2.40. The van der Waals surface area contributed by atoms with E-state index in [2.05, 4.69) is 43.4 Å². The highest BCUT2D eigenvalue weighted by Gasteiger charge is 2.24. The van der Waals surface area contributed by atoms with Crippen LogP contribution in [0.25, 0.3) is 22.2 Å². The fourth-order valence-electron chi connectivity index (χ4n) is 5.19. The molecule has 12 heteroatoms. The number of rotatable bonds is 10. The van der Waals surface area contributed by atoms with Gasteiger partial charge in [-0.05, 0) is 31.5 Å². The summed E-state index contributed by atoms with van der Waals surface area (Å²) in [7, 11) is 3.43. The van der Waals surface area contributed by atoms with Gasteiger partial charge in [0.1, 0.15) is 11.4 Å². The first-order valence-electron chi connectivity index (χ1n) is 13.1. The first-order valence-corrected chi connectivity index (χ1v) is 15.0. The second-order valence-corrected chi connectivity index (χ2v) is 12.1. The van der Waals surface area contributed by atoms with Crippen molar-refractivity contribution in [3.05, 3.63) is 48.3 Å². The Hall–Kier alpha value is -4.03. The van der Waals surface area contributed by atoms with E-state index in [1.165, 1.54) is 29.4 Å². The molecule has 0 saturated carbocycles. The van der Waals surface area contributed by atoms with Gasteiger partial charge in [0.25, 0.3) is 0 Å². The van der Waals surface area contributed by atoms with Crippen molar-refractivity contribution in [1.29, 1.82) is 0 Å². The number of nitrogens with one attached hydrogen (secondary N) is 2. The number of nitrogens with two attached hydrogens (primary N) is 1. The smallest absolute Gasteiger partial charge is 0.232 e. The summed E-state index contributed by atoms with van der Waals surface area (Å²) in [6.07, 6.45) is 6.83. The Labute approximate surface area is 235 Å². The molecule has 0 bridgehead atoms. The van der Waals surface area contributed by atoms with E-state index < -0.39 is 10.0 Å². The lowest BCUT2D eigenvalue weighted by molar-refractivity contribution is 0.417. The molecule has 0 aliphatic carbocycles. The third-order valence-corrected chi connectivity index (χ3v) is 8.58. The van der Waals surface area contributed by atoms with Gasteiger partial charge in [-0.15, -0.1) is 0 Å². The van der Waals surface area contributed by atoms with Gasteiger partial charge in [-0.25, -0.2) is 18.4 Å². The molecule has 11 nitrogen and oxygen atoms in total. The van der Waals surface area contributed by atoms with Crippen molar-refractivity contribution in [1.82, 2.24) is 19.9 Å². The number of methoxy groups -OCH3 is 1. The average molecular weight is 565 g/mol. The maximum absolute atomic E-state index is 12.6. The summed E-state index contributed by atoms with van der Waals surface area (Å²) < 4.78 is 34.3. The molecule has 0 amide bonds. The van der Waals surface area contributed by atoms with Gasteiger partial charge in [0, 0.05) is 56.9 Å². The monoisotopic (exact) mass is 564 g/mol. The molecule has 0 spiro atoms. The van der Waals surface area contributed by atoms with Crippen LogP contribution in [0.3, 0.4) is 0 Å². The van der Waals surface area contributed by atoms with Gasteiger partial charge >= 0.3 is 0 Å². The lowest BCUT2D eigenvalue weighted by atomic mass is 10.0. The Balaban J connectivity index is 1.61. The lowest BCUT2D eigenvalue weighted by Crippen LogP contribution is -2.27. The summed E-state index contributed by atoms with van der Waals surface area (Å²) in [6, 6.07) is 9.92. The summed E-state index contributed by atoms with van der Waals surface area (Å²) in [5.74, 6) is 0.872. The summed E-state index contributed by atoms with van der Waals surface area (Å²) in [5.41, 5.74) is 12.7. The van der Waals surface area contributed by atoms with E-state index in [9.17, 15) is 8.42 Å². The molecule has 2 aromatic heterocycles. The van der Waals surface area contributed by atoms with Crippen LogP contribution in [-0.4, -0.2) is 70.6 Å². The Bertz CT molecular complexity index is 1670. The third-order valence-electron chi connectivity index (χ3n) is 7.39. The van der Waals surface area contributed by atoms with E-state index in [4.69, 9.17) is 15.5 Å². The average Bonchev–Trinajstić information content (AvgIpc) is 3.31. The molecular weight excluding hydrogens is 528 g/mol. The number of ether oxygens (including phenoxy) is 1. The standard InChI is InChI=1S/C28H36N8O3S/c1-30-11-13-34(2)23-15-25(39-4)22(14-21(23)29)32-28-31-16-24(35(3)40(5,37)38)26(33-28)20-17-36-12-7-9-18-8-6-10-19(20)27(18)36/h6,8,10,14-17,30H,7,9,11-13,29H2,1-5H3,(H,31,32,33). The number of benzene rings is 2. The maximum atomic E-state index is 12.6. The van der Waals surface area contributed by atoms with Crippen LogP contribution in [-0.2, 0) is 23.0 Å². The van der Waals surface area contributed by atoms with Crippen LogP contribution in [0.2, 0.25) is 0 Å². The predicted molar refractivity (Wildman–Crippen MR) is 162 cm³/mol. The molecule has 4 aromatic rings. The quantitative estimate of drug-likeness (QED) is 0.248. The number of hydrogen-bond donors (Lipinski definition) is 3. The summed E-state index contributed by atoms with van der Waals surface area (Å²) >= 11 is 0. The summed E-state index contributed by atoms with van der Waals surface area (Å²) in [4.78, 5) is 11.4. The van der Waals surface area contributed by atoms with Crippen molar-refractivity contribution >= 4 is 49.6 Å². The first-order chi connectivity index (χ1) is 19.1. The van der Waals surface area contributed by atoms with Crippen LogP contribution < -0.4 is 30.3 Å². The number of aryl methyl sites for hydroxylation is 2. The summed E-state index contributed by atoms with van der Waals surface area (Å²) in [6.45, 7) is 2.47. The molecule has 1 aliphatic rings.